The van der Waals surface area contributed by atoms with Crippen molar-refractivity contribution in [3.63, 3.8) is 0 Å². The molecule has 1 aliphatic carbocycles. The highest BCUT2D eigenvalue weighted by Gasteiger charge is 2.43. The normalized spacial score (nSPS) is 19.0. The molecule has 3 aromatic rings. The maximum atomic E-state index is 12.5. The molecule has 0 saturated heterocycles. The molecule has 5 nitrogen and oxygen atoms in total. The van der Waals surface area contributed by atoms with E-state index in [1.54, 1.807) is 12.7 Å². The van der Waals surface area contributed by atoms with Crippen LogP contribution in [0.4, 0.5) is 5.69 Å². The number of benzene rings is 2. The van der Waals surface area contributed by atoms with Gasteiger partial charge in [-0.2, -0.15) is 0 Å². The van der Waals surface area contributed by atoms with Gasteiger partial charge in [-0.15, -0.1) is 10.2 Å². The first kappa shape index (κ1) is 14.6. The van der Waals surface area contributed by atoms with E-state index in [0.29, 0.717) is 5.92 Å². The number of nitrogens with one attached hydrogen (secondary N) is 1. The Labute approximate surface area is 140 Å². The lowest BCUT2D eigenvalue weighted by Gasteiger charge is -2.08. The SMILES string of the molecule is Cc1cccc([C@@H]2C[C@H]2C(=O)Nc2cccc(-n3cnnc3)c2)c1. The third-order valence-corrected chi connectivity index (χ3v) is 4.43. The third kappa shape index (κ3) is 2.93. The molecule has 0 unspecified atom stereocenters. The molecule has 1 heterocycles. The number of hydrogen-bond acceptors (Lipinski definition) is 3. The minimum absolute atomic E-state index is 0.0605. The van der Waals surface area contributed by atoms with Crippen LogP contribution in [0.5, 0.6) is 0 Å². The zero-order chi connectivity index (χ0) is 16.5. The molecule has 5 heteroatoms. The molecule has 1 saturated carbocycles. The molecule has 1 amide bonds. The van der Waals surface area contributed by atoms with E-state index in [-0.39, 0.29) is 11.8 Å². The fraction of sp³-hybridized carbons (Fsp3) is 0.211. The van der Waals surface area contributed by atoms with Gasteiger partial charge in [0.1, 0.15) is 12.7 Å². The van der Waals surface area contributed by atoms with E-state index in [4.69, 9.17) is 0 Å². The lowest BCUT2D eigenvalue weighted by atomic mass is 10.1. The van der Waals surface area contributed by atoms with E-state index >= 15 is 0 Å². The summed E-state index contributed by atoms with van der Waals surface area (Å²) in [5.74, 6) is 0.485. The van der Waals surface area contributed by atoms with Crippen molar-refractivity contribution in [3.05, 3.63) is 72.3 Å². The topological polar surface area (TPSA) is 59.8 Å². The number of anilines is 1. The van der Waals surface area contributed by atoms with Gasteiger partial charge in [-0.25, -0.2) is 0 Å². The Hall–Kier alpha value is -2.95. The van der Waals surface area contributed by atoms with Crippen molar-refractivity contribution in [3.8, 4) is 5.69 Å². The molecule has 4 rings (SSSR count). The highest BCUT2D eigenvalue weighted by Crippen LogP contribution is 2.48. The summed E-state index contributed by atoms with van der Waals surface area (Å²) in [6, 6.07) is 16.1. The first-order valence-electron chi connectivity index (χ1n) is 8.03. The number of rotatable bonds is 4. The van der Waals surface area contributed by atoms with Crippen molar-refractivity contribution in [2.75, 3.05) is 5.32 Å². The van der Waals surface area contributed by atoms with Gasteiger partial charge in [0.2, 0.25) is 5.91 Å². The van der Waals surface area contributed by atoms with E-state index < -0.39 is 0 Å². The van der Waals surface area contributed by atoms with Gasteiger partial charge >= 0.3 is 0 Å². The van der Waals surface area contributed by atoms with Gasteiger partial charge in [-0.05, 0) is 43.0 Å². The van der Waals surface area contributed by atoms with Crippen LogP contribution in [-0.2, 0) is 4.79 Å². The Balaban J connectivity index is 1.45. The summed E-state index contributed by atoms with van der Waals surface area (Å²) >= 11 is 0. The lowest BCUT2D eigenvalue weighted by Crippen LogP contribution is -2.14. The van der Waals surface area contributed by atoms with E-state index in [1.807, 2.05) is 28.8 Å². The number of carbonyl (C=O) groups is 1. The van der Waals surface area contributed by atoms with Crippen molar-refractivity contribution in [1.82, 2.24) is 14.8 Å². The van der Waals surface area contributed by atoms with Gasteiger partial charge in [0.05, 0.1) is 5.69 Å². The lowest BCUT2D eigenvalue weighted by molar-refractivity contribution is -0.117. The fourth-order valence-electron chi connectivity index (χ4n) is 3.07. The second-order valence-corrected chi connectivity index (χ2v) is 6.27. The fourth-order valence-corrected chi connectivity index (χ4v) is 3.07. The summed E-state index contributed by atoms with van der Waals surface area (Å²) in [5, 5.41) is 10.6. The van der Waals surface area contributed by atoms with Gasteiger partial charge in [-0.1, -0.05) is 35.9 Å². The van der Waals surface area contributed by atoms with Crippen LogP contribution in [0.3, 0.4) is 0 Å². The summed E-state index contributed by atoms with van der Waals surface area (Å²) in [7, 11) is 0. The van der Waals surface area contributed by atoms with Crippen LogP contribution in [-0.4, -0.2) is 20.7 Å². The Bertz CT molecular complexity index is 873. The monoisotopic (exact) mass is 318 g/mol. The van der Waals surface area contributed by atoms with Crippen LogP contribution >= 0.6 is 0 Å². The highest BCUT2D eigenvalue weighted by molar-refractivity contribution is 5.95. The molecular formula is C19H18N4O. The standard InChI is InChI=1S/C19H18N4O/c1-13-4-2-5-14(8-13)17-10-18(17)19(24)22-15-6-3-7-16(9-15)23-11-20-21-12-23/h2-9,11-12,17-18H,10H2,1H3,(H,22,24)/t17-,18+/m0/s1. The van der Waals surface area contributed by atoms with Crippen molar-refractivity contribution in [2.24, 2.45) is 5.92 Å². The van der Waals surface area contributed by atoms with Crippen LogP contribution in [0.25, 0.3) is 5.69 Å². The minimum atomic E-state index is 0.0605. The number of hydrogen-bond donors (Lipinski definition) is 1. The van der Waals surface area contributed by atoms with Gasteiger partial charge in [0.25, 0.3) is 0 Å². The Morgan fingerprint density at radius 3 is 2.71 bits per heavy atom. The van der Waals surface area contributed by atoms with Gasteiger partial charge in [0.15, 0.2) is 0 Å². The van der Waals surface area contributed by atoms with Gasteiger partial charge in [0, 0.05) is 11.6 Å². The number of aromatic nitrogens is 3. The second-order valence-electron chi connectivity index (χ2n) is 6.27. The molecule has 24 heavy (non-hydrogen) atoms. The number of nitrogens with zero attached hydrogens (tertiary/aromatic N) is 3. The summed E-state index contributed by atoms with van der Waals surface area (Å²) in [5.41, 5.74) is 4.21. The third-order valence-electron chi connectivity index (χ3n) is 4.43. The predicted octanol–water partition coefficient (Wildman–Crippen LogP) is 3.32. The summed E-state index contributed by atoms with van der Waals surface area (Å²) in [6.45, 7) is 2.08. The largest absolute Gasteiger partial charge is 0.326 e. The van der Waals surface area contributed by atoms with E-state index in [2.05, 4.69) is 46.7 Å². The molecule has 0 bridgehead atoms. The van der Waals surface area contributed by atoms with Crippen molar-refractivity contribution >= 4 is 11.6 Å². The van der Waals surface area contributed by atoms with Crippen LogP contribution in [0.2, 0.25) is 0 Å². The van der Waals surface area contributed by atoms with Crippen molar-refractivity contribution in [1.29, 1.82) is 0 Å². The molecule has 1 N–H and O–H groups in total. The summed E-state index contributed by atoms with van der Waals surface area (Å²) in [4.78, 5) is 12.5. The molecule has 0 radical (unpaired) electrons. The maximum Gasteiger partial charge on any atom is 0.228 e. The minimum Gasteiger partial charge on any atom is -0.326 e. The first-order valence-corrected chi connectivity index (χ1v) is 8.03. The van der Waals surface area contributed by atoms with Crippen molar-refractivity contribution in [2.45, 2.75) is 19.3 Å². The maximum absolute atomic E-state index is 12.5. The van der Waals surface area contributed by atoms with Gasteiger partial charge < -0.3 is 5.32 Å². The van der Waals surface area contributed by atoms with Crippen LogP contribution in [0, 0.1) is 12.8 Å². The Kier molecular flexibility index (Phi) is 3.61. The summed E-state index contributed by atoms with van der Waals surface area (Å²) in [6.07, 6.45) is 4.19. The molecule has 2 aromatic carbocycles. The van der Waals surface area contributed by atoms with Crippen LogP contribution in [0.1, 0.15) is 23.5 Å². The average Bonchev–Trinajstić information content (AvgIpc) is 3.21. The first-order chi connectivity index (χ1) is 11.7. The Morgan fingerprint density at radius 2 is 1.92 bits per heavy atom. The highest BCUT2D eigenvalue weighted by atomic mass is 16.2. The quantitative estimate of drug-likeness (QED) is 0.803. The van der Waals surface area contributed by atoms with Crippen LogP contribution < -0.4 is 5.32 Å². The van der Waals surface area contributed by atoms with E-state index in [0.717, 1.165) is 17.8 Å². The number of amides is 1. The zero-order valence-electron chi connectivity index (χ0n) is 13.4. The average molecular weight is 318 g/mol. The molecule has 1 aliphatic rings. The molecule has 1 fully saturated rings. The predicted molar refractivity (Wildman–Crippen MR) is 92.0 cm³/mol. The van der Waals surface area contributed by atoms with Gasteiger partial charge in [-0.3, -0.25) is 9.36 Å². The number of carbonyl (C=O) groups excluding carboxylic acids is 1. The molecule has 2 atom stereocenters. The van der Waals surface area contributed by atoms with Crippen LogP contribution in [0.15, 0.2) is 61.2 Å². The molecule has 120 valence electrons. The molecule has 0 aliphatic heterocycles. The molecule has 0 spiro atoms. The number of aryl methyl sites for hydroxylation is 1. The molecular weight excluding hydrogens is 300 g/mol. The van der Waals surface area contributed by atoms with E-state index in [9.17, 15) is 4.79 Å². The Morgan fingerprint density at radius 1 is 1.12 bits per heavy atom. The summed E-state index contributed by atoms with van der Waals surface area (Å²) < 4.78 is 1.81. The molecule has 1 aromatic heterocycles. The smallest absolute Gasteiger partial charge is 0.228 e. The second kappa shape index (κ2) is 5.92. The van der Waals surface area contributed by atoms with E-state index in [1.165, 1.54) is 11.1 Å². The zero-order valence-corrected chi connectivity index (χ0v) is 13.4. The van der Waals surface area contributed by atoms with Crippen molar-refractivity contribution < 1.29 is 4.79 Å².